The van der Waals surface area contributed by atoms with Crippen LogP contribution in [0.3, 0.4) is 0 Å². The Morgan fingerprint density at radius 3 is 2.75 bits per heavy atom. The molecule has 4 aliphatic rings. The predicted molar refractivity (Wildman–Crippen MR) is 155 cm³/mol. The number of aromatic nitrogens is 2. The normalized spacial score (nSPS) is 30.8. The molecular weight excluding hydrogens is 582 g/mol. The van der Waals surface area contributed by atoms with Gasteiger partial charge in [-0.2, -0.15) is 23.1 Å². The number of aryl methyl sites for hydroxylation is 1. The minimum Gasteiger partial charge on any atom is -0.461 e. The lowest BCUT2D eigenvalue weighted by molar-refractivity contribution is -0.140. The summed E-state index contributed by atoms with van der Waals surface area (Å²) in [5.74, 6) is 0.534. The minimum absolute atomic E-state index is 0.0199. The fourth-order valence-electron chi connectivity index (χ4n) is 7.94. The quantitative estimate of drug-likeness (QED) is 0.344. The zero-order valence-electron chi connectivity index (χ0n) is 25.4. The highest BCUT2D eigenvalue weighted by Gasteiger charge is 2.49. The van der Waals surface area contributed by atoms with E-state index in [-0.39, 0.29) is 54.9 Å². The molecule has 1 aromatic heterocycles. The Labute approximate surface area is 254 Å². The molecule has 13 heteroatoms. The Kier molecular flexibility index (Phi) is 8.21. The van der Waals surface area contributed by atoms with E-state index in [0.717, 1.165) is 19.4 Å². The van der Waals surface area contributed by atoms with E-state index in [1.54, 1.807) is 14.0 Å². The van der Waals surface area contributed by atoms with Crippen LogP contribution in [0.25, 0.3) is 0 Å². The number of hydrogen-bond donors (Lipinski definition) is 2. The van der Waals surface area contributed by atoms with Crippen LogP contribution in [-0.4, -0.2) is 83.8 Å². The molecule has 0 aliphatic carbocycles. The smallest absolute Gasteiger partial charge is 0.417 e. The molecule has 0 radical (unpaired) electrons. The summed E-state index contributed by atoms with van der Waals surface area (Å²) in [5, 5.41) is 11.1. The highest BCUT2D eigenvalue weighted by molar-refractivity contribution is 5.54. The van der Waals surface area contributed by atoms with Crippen molar-refractivity contribution in [3.05, 3.63) is 40.1 Å². The molecule has 1 aromatic carbocycles. The van der Waals surface area contributed by atoms with Crippen LogP contribution < -0.4 is 15.4 Å². The molecule has 0 spiro atoms. The standard InChI is InChI=1S/C31H41F4N5O4/c1-18-7-21(36)8-22(26(18)31(33,34)35)25-9-24-23(15-43-25)27(39-12-19(14-42-3)10-29(2,41)16-39)38-28(37-24)44-17-30-5-4-6-40(30)13-20(32)11-30/h7-8,19-20,25,41H,4-6,9-17,36H2,1-3H3/t19-,20-,25+,29-,30+/m1/s1. The highest BCUT2D eigenvalue weighted by Crippen LogP contribution is 2.44. The summed E-state index contributed by atoms with van der Waals surface area (Å²) in [6, 6.07) is 2.71. The summed E-state index contributed by atoms with van der Waals surface area (Å²) in [5.41, 5.74) is 5.14. The fraction of sp³-hybridized carbons (Fsp3) is 0.677. The third-order valence-corrected chi connectivity index (χ3v) is 9.55. The number of β-amino-alcohol motifs (C(OH)–C–C–N with tert-alkyl or cyclic N) is 1. The second kappa shape index (κ2) is 11.6. The molecular formula is C31H41F4N5O4. The van der Waals surface area contributed by atoms with E-state index in [2.05, 4.69) is 4.90 Å². The van der Waals surface area contributed by atoms with E-state index in [0.29, 0.717) is 49.6 Å². The maximum atomic E-state index is 14.4. The summed E-state index contributed by atoms with van der Waals surface area (Å²) in [7, 11) is 1.62. The van der Waals surface area contributed by atoms with Gasteiger partial charge in [0.1, 0.15) is 18.6 Å². The van der Waals surface area contributed by atoms with Gasteiger partial charge in [-0.25, -0.2) is 4.39 Å². The van der Waals surface area contributed by atoms with E-state index < -0.39 is 35.2 Å². The third-order valence-electron chi connectivity index (χ3n) is 9.55. The molecule has 5 atom stereocenters. The predicted octanol–water partition coefficient (Wildman–Crippen LogP) is 4.38. The van der Waals surface area contributed by atoms with Crippen molar-refractivity contribution >= 4 is 11.5 Å². The van der Waals surface area contributed by atoms with Gasteiger partial charge in [0, 0.05) is 56.8 Å². The Bertz CT molecular complexity index is 1390. The van der Waals surface area contributed by atoms with E-state index in [9.17, 15) is 22.7 Å². The van der Waals surface area contributed by atoms with Crippen LogP contribution in [0.1, 0.15) is 66.7 Å². The molecule has 3 saturated heterocycles. The number of nitrogens with zero attached hydrogens (tertiary/aromatic N) is 4. The Morgan fingerprint density at radius 2 is 2.00 bits per heavy atom. The number of benzene rings is 1. The maximum absolute atomic E-state index is 14.4. The average Bonchev–Trinajstić information content (AvgIpc) is 3.44. The van der Waals surface area contributed by atoms with Gasteiger partial charge >= 0.3 is 12.2 Å². The van der Waals surface area contributed by atoms with Gasteiger partial charge in [-0.15, -0.1) is 0 Å². The number of nitrogen functional groups attached to an aromatic ring is 1. The number of anilines is 2. The van der Waals surface area contributed by atoms with E-state index in [4.69, 9.17) is 29.9 Å². The van der Waals surface area contributed by atoms with E-state index >= 15 is 0 Å². The largest absolute Gasteiger partial charge is 0.461 e. The number of nitrogens with two attached hydrogens (primary N) is 1. The van der Waals surface area contributed by atoms with Gasteiger partial charge in [0.25, 0.3) is 0 Å². The SMILES string of the molecule is COC[C@H]1CN(c2nc(OC[C@@]34CCCN3C[C@H](F)C4)nc3c2CO[C@H](c2cc(N)cc(C)c2C(F)(F)F)C3)C[C@](C)(O)C1. The van der Waals surface area contributed by atoms with Gasteiger partial charge in [-0.3, -0.25) is 4.90 Å². The van der Waals surface area contributed by atoms with Crippen LogP contribution in [0.2, 0.25) is 0 Å². The number of fused-ring (bicyclic) bond motifs is 2. The number of halogens is 4. The number of methoxy groups -OCH3 is 1. The van der Waals surface area contributed by atoms with Crippen molar-refractivity contribution in [2.24, 2.45) is 5.92 Å². The van der Waals surface area contributed by atoms with Crippen molar-refractivity contribution in [1.29, 1.82) is 0 Å². The summed E-state index contributed by atoms with van der Waals surface area (Å²) >= 11 is 0. The Hall–Kier alpha value is -2.74. The number of piperidine rings is 1. The molecule has 5 heterocycles. The summed E-state index contributed by atoms with van der Waals surface area (Å²) in [6.07, 6.45) is -3.74. The molecule has 4 aliphatic heterocycles. The Morgan fingerprint density at radius 1 is 1.20 bits per heavy atom. The molecule has 6 rings (SSSR count). The maximum Gasteiger partial charge on any atom is 0.417 e. The Balaban J connectivity index is 1.37. The summed E-state index contributed by atoms with van der Waals surface area (Å²) in [6.45, 7) is 5.80. The van der Waals surface area contributed by atoms with Crippen molar-refractivity contribution in [1.82, 2.24) is 14.9 Å². The molecule has 0 unspecified atom stereocenters. The first-order chi connectivity index (χ1) is 20.8. The number of aliphatic hydroxyl groups is 1. The van der Waals surface area contributed by atoms with Crippen LogP contribution in [0.4, 0.5) is 29.1 Å². The van der Waals surface area contributed by atoms with Gasteiger partial charge < -0.3 is 30.0 Å². The van der Waals surface area contributed by atoms with Gasteiger partial charge in [0.05, 0.1) is 41.7 Å². The second-order valence-corrected chi connectivity index (χ2v) is 13.3. The van der Waals surface area contributed by atoms with Crippen LogP contribution >= 0.6 is 0 Å². The van der Waals surface area contributed by atoms with Gasteiger partial charge in [0.2, 0.25) is 0 Å². The summed E-state index contributed by atoms with van der Waals surface area (Å²) < 4.78 is 74.8. The van der Waals surface area contributed by atoms with Crippen LogP contribution in [0.5, 0.6) is 6.01 Å². The number of alkyl halides is 4. The number of rotatable bonds is 7. The molecule has 0 bridgehead atoms. The van der Waals surface area contributed by atoms with Crippen molar-refractivity contribution in [3.8, 4) is 6.01 Å². The lowest BCUT2D eigenvalue weighted by Gasteiger charge is -2.43. The van der Waals surface area contributed by atoms with Gasteiger partial charge in [-0.1, -0.05) is 0 Å². The molecule has 0 amide bonds. The first kappa shape index (κ1) is 31.3. The van der Waals surface area contributed by atoms with Gasteiger partial charge in [0.15, 0.2) is 0 Å². The minimum atomic E-state index is -4.60. The topological polar surface area (TPSA) is 106 Å². The second-order valence-electron chi connectivity index (χ2n) is 13.3. The molecule has 242 valence electrons. The monoisotopic (exact) mass is 623 g/mol. The molecule has 44 heavy (non-hydrogen) atoms. The van der Waals surface area contributed by atoms with E-state index in [1.165, 1.54) is 19.1 Å². The van der Waals surface area contributed by atoms with Gasteiger partial charge in [-0.05, 0) is 62.9 Å². The lowest BCUT2D eigenvalue weighted by atomic mass is 9.86. The van der Waals surface area contributed by atoms with Crippen LogP contribution in [-0.2, 0) is 28.7 Å². The lowest BCUT2D eigenvalue weighted by Crippen LogP contribution is -2.52. The highest BCUT2D eigenvalue weighted by atomic mass is 19.4. The number of ether oxygens (including phenoxy) is 3. The summed E-state index contributed by atoms with van der Waals surface area (Å²) in [4.78, 5) is 13.6. The van der Waals surface area contributed by atoms with Crippen molar-refractivity contribution in [2.45, 2.75) is 82.2 Å². The van der Waals surface area contributed by atoms with Crippen molar-refractivity contribution in [3.63, 3.8) is 0 Å². The first-order valence-electron chi connectivity index (χ1n) is 15.2. The first-order valence-corrected chi connectivity index (χ1v) is 15.2. The fourth-order valence-corrected chi connectivity index (χ4v) is 7.94. The molecule has 3 N–H and O–H groups in total. The number of hydrogen-bond acceptors (Lipinski definition) is 9. The average molecular weight is 624 g/mol. The van der Waals surface area contributed by atoms with Crippen molar-refractivity contribution in [2.75, 3.05) is 57.1 Å². The van der Waals surface area contributed by atoms with Crippen molar-refractivity contribution < 1.29 is 36.9 Å². The zero-order chi connectivity index (χ0) is 31.4. The van der Waals surface area contributed by atoms with E-state index in [1.807, 2.05) is 4.90 Å². The molecule has 9 nitrogen and oxygen atoms in total. The molecule has 2 aromatic rings. The van der Waals surface area contributed by atoms with Crippen LogP contribution in [0.15, 0.2) is 12.1 Å². The third kappa shape index (κ3) is 6.08. The van der Waals surface area contributed by atoms with Crippen LogP contribution in [0, 0.1) is 12.8 Å². The molecule has 3 fully saturated rings. The molecule has 0 saturated carbocycles. The zero-order valence-corrected chi connectivity index (χ0v) is 25.4.